The fourth-order valence-electron chi connectivity index (χ4n) is 2.44. The molecular formula is C14H21FN2. The Morgan fingerprint density at radius 1 is 1.24 bits per heavy atom. The van der Waals surface area contributed by atoms with Gasteiger partial charge in [0.15, 0.2) is 0 Å². The average Bonchev–Trinajstić information content (AvgIpc) is 2.40. The van der Waals surface area contributed by atoms with Crippen LogP contribution in [0.25, 0.3) is 0 Å². The first-order valence-corrected chi connectivity index (χ1v) is 6.28. The summed E-state index contributed by atoms with van der Waals surface area (Å²) in [5, 5.41) is 0. The van der Waals surface area contributed by atoms with E-state index in [1.54, 1.807) is 12.1 Å². The van der Waals surface area contributed by atoms with E-state index in [1.165, 1.54) is 12.5 Å². The zero-order valence-corrected chi connectivity index (χ0v) is 10.7. The van der Waals surface area contributed by atoms with E-state index in [1.807, 2.05) is 0 Å². The molecule has 0 saturated carbocycles. The number of halogens is 1. The SMILES string of the molecule is CC1(C)CCCN(c2ccc(N)cc2F)CC1. The molecule has 0 aliphatic carbocycles. The highest BCUT2D eigenvalue weighted by Crippen LogP contribution is 2.32. The summed E-state index contributed by atoms with van der Waals surface area (Å²) in [5.74, 6) is -0.204. The number of anilines is 2. The van der Waals surface area contributed by atoms with Crippen molar-refractivity contribution in [1.29, 1.82) is 0 Å². The maximum absolute atomic E-state index is 13.8. The molecule has 0 atom stereocenters. The lowest BCUT2D eigenvalue weighted by atomic mass is 9.85. The molecule has 1 aliphatic heterocycles. The number of benzene rings is 1. The summed E-state index contributed by atoms with van der Waals surface area (Å²) in [6.45, 7) is 6.43. The molecule has 0 aromatic heterocycles. The van der Waals surface area contributed by atoms with Crippen LogP contribution < -0.4 is 10.6 Å². The van der Waals surface area contributed by atoms with Gasteiger partial charge < -0.3 is 10.6 Å². The smallest absolute Gasteiger partial charge is 0.148 e. The van der Waals surface area contributed by atoms with Crippen LogP contribution in [0.4, 0.5) is 15.8 Å². The highest BCUT2D eigenvalue weighted by Gasteiger charge is 2.24. The Morgan fingerprint density at radius 3 is 2.71 bits per heavy atom. The Labute approximate surface area is 103 Å². The van der Waals surface area contributed by atoms with Crippen molar-refractivity contribution in [3.63, 3.8) is 0 Å². The second-order valence-corrected chi connectivity index (χ2v) is 5.72. The summed E-state index contributed by atoms with van der Waals surface area (Å²) in [7, 11) is 0. The summed E-state index contributed by atoms with van der Waals surface area (Å²) in [6.07, 6.45) is 3.44. The van der Waals surface area contributed by atoms with Gasteiger partial charge in [-0.25, -0.2) is 4.39 Å². The molecule has 0 radical (unpaired) electrons. The summed E-state index contributed by atoms with van der Waals surface area (Å²) in [4.78, 5) is 2.14. The van der Waals surface area contributed by atoms with Crippen LogP contribution in [-0.2, 0) is 0 Å². The Balaban J connectivity index is 2.17. The van der Waals surface area contributed by atoms with Crippen LogP contribution in [-0.4, -0.2) is 13.1 Å². The second-order valence-electron chi connectivity index (χ2n) is 5.72. The largest absolute Gasteiger partial charge is 0.399 e. The molecule has 0 spiro atoms. The van der Waals surface area contributed by atoms with E-state index < -0.39 is 0 Å². The molecule has 17 heavy (non-hydrogen) atoms. The summed E-state index contributed by atoms with van der Waals surface area (Å²) < 4.78 is 13.8. The van der Waals surface area contributed by atoms with E-state index in [4.69, 9.17) is 5.73 Å². The third-order valence-electron chi connectivity index (χ3n) is 3.65. The molecule has 1 aromatic rings. The minimum atomic E-state index is -0.204. The van der Waals surface area contributed by atoms with Gasteiger partial charge in [-0.15, -0.1) is 0 Å². The normalized spacial score (nSPS) is 20.1. The molecule has 94 valence electrons. The molecule has 1 fully saturated rings. The van der Waals surface area contributed by atoms with Gasteiger partial charge in [0.2, 0.25) is 0 Å². The predicted octanol–water partition coefficient (Wildman–Crippen LogP) is 3.42. The number of nitrogens with two attached hydrogens (primary N) is 1. The van der Waals surface area contributed by atoms with Gasteiger partial charge >= 0.3 is 0 Å². The highest BCUT2D eigenvalue weighted by atomic mass is 19.1. The van der Waals surface area contributed by atoms with Gasteiger partial charge in [0.1, 0.15) is 5.82 Å². The van der Waals surface area contributed by atoms with E-state index in [9.17, 15) is 4.39 Å². The minimum absolute atomic E-state index is 0.204. The van der Waals surface area contributed by atoms with Gasteiger partial charge in [0, 0.05) is 18.8 Å². The lowest BCUT2D eigenvalue weighted by molar-refractivity contribution is 0.325. The summed E-state index contributed by atoms with van der Waals surface area (Å²) >= 11 is 0. The van der Waals surface area contributed by atoms with Gasteiger partial charge in [-0.2, -0.15) is 0 Å². The second kappa shape index (κ2) is 4.55. The Bertz CT molecular complexity index is 401. The Morgan fingerprint density at radius 2 is 2.00 bits per heavy atom. The van der Waals surface area contributed by atoms with E-state index in [0.29, 0.717) is 16.8 Å². The summed E-state index contributed by atoms with van der Waals surface area (Å²) in [5.41, 5.74) is 7.13. The van der Waals surface area contributed by atoms with Gasteiger partial charge in [0.05, 0.1) is 5.69 Å². The van der Waals surface area contributed by atoms with Gasteiger partial charge in [0.25, 0.3) is 0 Å². The molecule has 2 N–H and O–H groups in total. The Kier molecular flexibility index (Phi) is 3.27. The molecule has 3 heteroatoms. The van der Waals surface area contributed by atoms with Crippen LogP contribution >= 0.6 is 0 Å². The zero-order valence-electron chi connectivity index (χ0n) is 10.7. The third kappa shape index (κ3) is 2.90. The zero-order chi connectivity index (χ0) is 12.5. The molecule has 0 bridgehead atoms. The third-order valence-corrected chi connectivity index (χ3v) is 3.65. The fourth-order valence-corrected chi connectivity index (χ4v) is 2.44. The van der Waals surface area contributed by atoms with Crippen LogP contribution in [0.1, 0.15) is 33.1 Å². The van der Waals surface area contributed by atoms with E-state index >= 15 is 0 Å². The van der Waals surface area contributed by atoms with Gasteiger partial charge in [-0.05, 0) is 42.9 Å². The molecular weight excluding hydrogens is 215 g/mol. The van der Waals surface area contributed by atoms with E-state index in [0.717, 1.165) is 25.9 Å². The van der Waals surface area contributed by atoms with Crippen LogP contribution in [0.5, 0.6) is 0 Å². The van der Waals surface area contributed by atoms with Crippen molar-refractivity contribution in [3.05, 3.63) is 24.0 Å². The standard InChI is InChI=1S/C14H21FN2/c1-14(2)6-3-8-17(9-7-14)13-5-4-11(16)10-12(13)15/h4-5,10H,3,6-9,16H2,1-2H3. The highest BCUT2D eigenvalue weighted by molar-refractivity contribution is 5.54. The van der Waals surface area contributed by atoms with Crippen molar-refractivity contribution in [1.82, 2.24) is 0 Å². The first kappa shape index (κ1) is 12.2. The minimum Gasteiger partial charge on any atom is -0.399 e. The van der Waals surface area contributed by atoms with Crippen molar-refractivity contribution >= 4 is 11.4 Å². The van der Waals surface area contributed by atoms with Crippen LogP contribution in [0, 0.1) is 11.2 Å². The van der Waals surface area contributed by atoms with Crippen molar-refractivity contribution in [2.24, 2.45) is 5.41 Å². The maximum Gasteiger partial charge on any atom is 0.148 e. The van der Waals surface area contributed by atoms with Crippen LogP contribution in [0.2, 0.25) is 0 Å². The van der Waals surface area contributed by atoms with Crippen LogP contribution in [0.15, 0.2) is 18.2 Å². The fraction of sp³-hybridized carbons (Fsp3) is 0.571. The van der Waals surface area contributed by atoms with Crippen molar-refractivity contribution in [2.45, 2.75) is 33.1 Å². The molecule has 1 aromatic carbocycles. The van der Waals surface area contributed by atoms with E-state index in [2.05, 4.69) is 18.7 Å². The monoisotopic (exact) mass is 236 g/mol. The number of nitrogen functional groups attached to an aromatic ring is 1. The molecule has 2 rings (SSSR count). The first-order valence-electron chi connectivity index (χ1n) is 6.28. The lowest BCUT2D eigenvalue weighted by Gasteiger charge is -2.25. The molecule has 1 saturated heterocycles. The first-order chi connectivity index (χ1) is 7.98. The maximum atomic E-state index is 13.8. The summed E-state index contributed by atoms with van der Waals surface area (Å²) in [6, 6.07) is 4.98. The van der Waals surface area contributed by atoms with Crippen molar-refractivity contribution in [2.75, 3.05) is 23.7 Å². The average molecular weight is 236 g/mol. The molecule has 0 unspecified atom stereocenters. The quantitative estimate of drug-likeness (QED) is 0.757. The van der Waals surface area contributed by atoms with E-state index in [-0.39, 0.29) is 5.82 Å². The lowest BCUT2D eigenvalue weighted by Crippen LogP contribution is -2.25. The molecule has 2 nitrogen and oxygen atoms in total. The van der Waals surface area contributed by atoms with Crippen molar-refractivity contribution in [3.8, 4) is 0 Å². The number of nitrogens with zero attached hydrogens (tertiary/aromatic N) is 1. The number of hydrogen-bond donors (Lipinski definition) is 1. The van der Waals surface area contributed by atoms with Crippen molar-refractivity contribution < 1.29 is 4.39 Å². The molecule has 0 amide bonds. The molecule has 1 aliphatic rings. The predicted molar refractivity (Wildman–Crippen MR) is 70.7 cm³/mol. The molecule has 1 heterocycles. The van der Waals surface area contributed by atoms with Gasteiger partial charge in [-0.1, -0.05) is 13.8 Å². The number of rotatable bonds is 1. The van der Waals surface area contributed by atoms with Crippen LogP contribution in [0.3, 0.4) is 0 Å². The Hall–Kier alpha value is -1.25. The number of hydrogen-bond acceptors (Lipinski definition) is 2. The topological polar surface area (TPSA) is 29.3 Å². The van der Waals surface area contributed by atoms with Gasteiger partial charge in [-0.3, -0.25) is 0 Å².